The fourth-order valence-electron chi connectivity index (χ4n) is 5.36. The molecule has 88 valence electrons. The van der Waals surface area contributed by atoms with E-state index in [2.05, 4.69) is 0 Å². The SMILES string of the molecule is O=C(C1CCCCC1)C1C2C3CCC(C3)C12. The van der Waals surface area contributed by atoms with Crippen molar-refractivity contribution in [2.24, 2.45) is 35.5 Å². The molecule has 4 fully saturated rings. The Kier molecular flexibility index (Phi) is 2.02. The number of ketones is 1. The Balaban J connectivity index is 1.46. The van der Waals surface area contributed by atoms with Crippen LogP contribution < -0.4 is 0 Å². The van der Waals surface area contributed by atoms with Gasteiger partial charge in [0.25, 0.3) is 0 Å². The van der Waals surface area contributed by atoms with Crippen molar-refractivity contribution in [3.63, 3.8) is 0 Å². The molecule has 0 heterocycles. The van der Waals surface area contributed by atoms with Crippen molar-refractivity contribution in [2.75, 3.05) is 0 Å². The largest absolute Gasteiger partial charge is 0.299 e. The first-order valence-electron chi connectivity index (χ1n) is 7.40. The van der Waals surface area contributed by atoms with Crippen molar-refractivity contribution in [1.82, 2.24) is 0 Å². The maximum Gasteiger partial charge on any atom is 0.139 e. The molecule has 0 amide bonds. The highest BCUT2D eigenvalue weighted by Gasteiger charge is 2.67. The van der Waals surface area contributed by atoms with Gasteiger partial charge in [-0.3, -0.25) is 4.79 Å². The van der Waals surface area contributed by atoms with Crippen molar-refractivity contribution in [3.05, 3.63) is 0 Å². The highest BCUT2D eigenvalue weighted by Crippen LogP contribution is 2.70. The second-order valence-electron chi connectivity index (χ2n) is 6.75. The van der Waals surface area contributed by atoms with Gasteiger partial charge in [-0.15, -0.1) is 0 Å². The molecule has 0 N–H and O–H groups in total. The Labute approximate surface area is 98.0 Å². The van der Waals surface area contributed by atoms with Crippen molar-refractivity contribution >= 4 is 5.78 Å². The normalized spacial score (nSPS) is 50.4. The number of hydrogen-bond acceptors (Lipinski definition) is 1. The molecular weight excluding hydrogens is 196 g/mol. The summed E-state index contributed by atoms with van der Waals surface area (Å²) in [5, 5.41) is 0. The topological polar surface area (TPSA) is 17.1 Å². The summed E-state index contributed by atoms with van der Waals surface area (Å²) < 4.78 is 0. The summed E-state index contributed by atoms with van der Waals surface area (Å²) in [5.41, 5.74) is 0. The predicted molar refractivity (Wildman–Crippen MR) is 62.9 cm³/mol. The minimum Gasteiger partial charge on any atom is -0.299 e. The van der Waals surface area contributed by atoms with E-state index < -0.39 is 0 Å². The minimum atomic E-state index is 0.476. The molecule has 1 heteroatoms. The summed E-state index contributed by atoms with van der Waals surface area (Å²) in [5.74, 6) is 5.39. The lowest BCUT2D eigenvalue weighted by atomic mass is 9.82. The van der Waals surface area contributed by atoms with Crippen molar-refractivity contribution < 1.29 is 4.79 Å². The lowest BCUT2D eigenvalue weighted by Gasteiger charge is -2.21. The molecule has 0 radical (unpaired) electrons. The first kappa shape index (κ1) is 9.67. The Morgan fingerprint density at radius 2 is 1.44 bits per heavy atom. The zero-order valence-electron chi connectivity index (χ0n) is 10.0. The molecule has 4 aliphatic rings. The van der Waals surface area contributed by atoms with Gasteiger partial charge >= 0.3 is 0 Å². The highest BCUT2D eigenvalue weighted by atomic mass is 16.1. The lowest BCUT2D eigenvalue weighted by Crippen LogP contribution is -2.22. The Hall–Kier alpha value is -0.330. The molecule has 0 aromatic heterocycles. The summed E-state index contributed by atoms with van der Waals surface area (Å²) in [4.78, 5) is 12.5. The van der Waals surface area contributed by atoms with E-state index in [0.717, 1.165) is 23.7 Å². The Morgan fingerprint density at radius 1 is 0.812 bits per heavy atom. The first-order valence-corrected chi connectivity index (χ1v) is 7.40. The van der Waals surface area contributed by atoms with E-state index in [1.807, 2.05) is 0 Å². The van der Waals surface area contributed by atoms with E-state index in [0.29, 0.717) is 17.6 Å². The summed E-state index contributed by atoms with van der Waals surface area (Å²) in [7, 11) is 0. The number of hydrogen-bond donors (Lipinski definition) is 0. The Bertz CT molecular complexity index is 299. The molecule has 4 atom stereocenters. The van der Waals surface area contributed by atoms with Crippen LogP contribution in [0.15, 0.2) is 0 Å². The van der Waals surface area contributed by atoms with E-state index in [1.54, 1.807) is 0 Å². The van der Waals surface area contributed by atoms with Crippen LogP contribution in [0.4, 0.5) is 0 Å². The van der Waals surface area contributed by atoms with Crippen LogP contribution in [0.1, 0.15) is 51.4 Å². The second-order valence-corrected chi connectivity index (χ2v) is 6.75. The van der Waals surface area contributed by atoms with Gasteiger partial charge in [-0.05, 0) is 55.8 Å². The van der Waals surface area contributed by atoms with Crippen LogP contribution >= 0.6 is 0 Å². The summed E-state index contributed by atoms with van der Waals surface area (Å²) in [6.45, 7) is 0. The maximum atomic E-state index is 12.5. The summed E-state index contributed by atoms with van der Waals surface area (Å²) in [6, 6.07) is 0. The molecule has 0 aliphatic heterocycles. The van der Waals surface area contributed by atoms with Gasteiger partial charge in [-0.2, -0.15) is 0 Å². The molecule has 4 unspecified atom stereocenters. The predicted octanol–water partition coefficient (Wildman–Crippen LogP) is 3.43. The van der Waals surface area contributed by atoms with Crippen LogP contribution in [0.3, 0.4) is 0 Å². The van der Waals surface area contributed by atoms with Gasteiger partial charge in [-0.1, -0.05) is 19.3 Å². The van der Waals surface area contributed by atoms with Crippen LogP contribution in [-0.4, -0.2) is 5.78 Å². The molecular formula is C15H22O. The molecule has 1 nitrogen and oxygen atoms in total. The van der Waals surface area contributed by atoms with Crippen LogP contribution in [0.25, 0.3) is 0 Å². The monoisotopic (exact) mass is 218 g/mol. The van der Waals surface area contributed by atoms with Crippen LogP contribution in [0.2, 0.25) is 0 Å². The van der Waals surface area contributed by atoms with E-state index in [9.17, 15) is 4.79 Å². The first-order chi connectivity index (χ1) is 7.86. The van der Waals surface area contributed by atoms with Gasteiger partial charge in [0.2, 0.25) is 0 Å². The fourth-order valence-corrected chi connectivity index (χ4v) is 5.36. The zero-order chi connectivity index (χ0) is 10.7. The van der Waals surface area contributed by atoms with Crippen LogP contribution in [-0.2, 0) is 4.79 Å². The summed E-state index contributed by atoms with van der Waals surface area (Å²) >= 11 is 0. The zero-order valence-corrected chi connectivity index (χ0v) is 10.0. The van der Waals surface area contributed by atoms with E-state index in [1.165, 1.54) is 51.4 Å². The van der Waals surface area contributed by atoms with Gasteiger partial charge in [0, 0.05) is 11.8 Å². The third kappa shape index (κ3) is 1.21. The molecule has 4 rings (SSSR count). The standard InChI is InChI=1S/C15H22O/c16-15(9-4-2-1-3-5-9)14-12-10-6-7-11(8-10)13(12)14/h9-14H,1-8H2. The van der Waals surface area contributed by atoms with E-state index in [4.69, 9.17) is 0 Å². The van der Waals surface area contributed by atoms with Gasteiger partial charge in [0.05, 0.1) is 0 Å². The number of rotatable bonds is 2. The van der Waals surface area contributed by atoms with E-state index >= 15 is 0 Å². The third-order valence-corrected chi connectivity index (χ3v) is 6.07. The second kappa shape index (κ2) is 3.34. The number of carbonyl (C=O) groups excluding carboxylic acids is 1. The van der Waals surface area contributed by atoms with Crippen LogP contribution in [0, 0.1) is 35.5 Å². The molecule has 0 saturated heterocycles. The number of fused-ring (bicyclic) bond motifs is 5. The quantitative estimate of drug-likeness (QED) is 0.694. The summed E-state index contributed by atoms with van der Waals surface area (Å²) in [6.07, 6.45) is 10.8. The molecule has 4 saturated carbocycles. The average Bonchev–Trinajstić information content (AvgIpc) is 2.77. The molecule has 0 aromatic carbocycles. The number of Topliss-reactive ketones (excluding diaryl/α,β-unsaturated/α-hetero) is 1. The fraction of sp³-hybridized carbons (Fsp3) is 0.933. The highest BCUT2D eigenvalue weighted by molar-refractivity contribution is 5.87. The lowest BCUT2D eigenvalue weighted by molar-refractivity contribution is -0.126. The van der Waals surface area contributed by atoms with Crippen molar-refractivity contribution in [2.45, 2.75) is 51.4 Å². The van der Waals surface area contributed by atoms with Crippen molar-refractivity contribution in [3.8, 4) is 0 Å². The van der Waals surface area contributed by atoms with Crippen LogP contribution in [0.5, 0.6) is 0 Å². The molecule has 0 aromatic rings. The molecule has 0 spiro atoms. The third-order valence-electron chi connectivity index (χ3n) is 6.07. The Morgan fingerprint density at radius 3 is 2.06 bits per heavy atom. The smallest absolute Gasteiger partial charge is 0.139 e. The van der Waals surface area contributed by atoms with Gasteiger partial charge in [0.15, 0.2) is 0 Å². The van der Waals surface area contributed by atoms with Crippen molar-refractivity contribution in [1.29, 1.82) is 0 Å². The van der Waals surface area contributed by atoms with Gasteiger partial charge < -0.3 is 0 Å². The van der Waals surface area contributed by atoms with Gasteiger partial charge in [-0.25, -0.2) is 0 Å². The minimum absolute atomic E-state index is 0.476. The number of carbonyl (C=O) groups is 1. The maximum absolute atomic E-state index is 12.5. The molecule has 2 bridgehead atoms. The molecule has 4 aliphatic carbocycles. The average molecular weight is 218 g/mol. The molecule has 16 heavy (non-hydrogen) atoms. The van der Waals surface area contributed by atoms with Gasteiger partial charge in [0.1, 0.15) is 5.78 Å². The van der Waals surface area contributed by atoms with E-state index in [-0.39, 0.29) is 0 Å².